The van der Waals surface area contributed by atoms with Crippen LogP contribution in [0.5, 0.6) is 0 Å². The Hall–Kier alpha value is -2.45. The maximum absolute atomic E-state index is 12.6. The molecule has 2 aliphatic heterocycles. The number of hydrogen-bond acceptors (Lipinski definition) is 6. The smallest absolute Gasteiger partial charge is 0.261 e. The second kappa shape index (κ2) is 8.59. The van der Waals surface area contributed by atoms with E-state index >= 15 is 0 Å². The Morgan fingerprint density at radius 1 is 1.19 bits per heavy atom. The van der Waals surface area contributed by atoms with E-state index in [2.05, 4.69) is 14.8 Å². The van der Waals surface area contributed by atoms with Gasteiger partial charge in [0.15, 0.2) is 0 Å². The van der Waals surface area contributed by atoms with E-state index in [0.29, 0.717) is 18.5 Å². The lowest BCUT2D eigenvalue weighted by atomic mass is 9.92. The molecule has 4 rings (SSSR count). The fourth-order valence-electron chi connectivity index (χ4n) is 4.78. The van der Waals surface area contributed by atoms with Crippen molar-refractivity contribution < 1.29 is 9.90 Å². The summed E-state index contributed by atoms with van der Waals surface area (Å²) in [5, 5.41) is 11.7. The molecule has 0 spiro atoms. The molecule has 31 heavy (non-hydrogen) atoms. The second-order valence-corrected chi connectivity index (χ2v) is 9.28. The first-order valence-corrected chi connectivity index (χ1v) is 11.2. The third kappa shape index (κ3) is 4.60. The number of fused-ring (bicyclic) bond motifs is 1. The molecule has 1 aromatic heterocycles. The topological polar surface area (TPSA) is 81.9 Å². The number of β-amino-alcohol motifs (C(OH)–C–C–N with tert-alkyl or cyclic N) is 1. The van der Waals surface area contributed by atoms with E-state index in [1.165, 1.54) is 0 Å². The van der Waals surface area contributed by atoms with E-state index in [-0.39, 0.29) is 17.5 Å². The average molecular weight is 428 g/mol. The van der Waals surface area contributed by atoms with Crippen LogP contribution in [0.4, 0.5) is 5.69 Å². The number of rotatable bonds is 4. The van der Waals surface area contributed by atoms with Crippen LogP contribution in [0.3, 0.4) is 0 Å². The first-order valence-electron chi connectivity index (χ1n) is 11.2. The number of amides is 1. The van der Waals surface area contributed by atoms with Crippen LogP contribution in [0.1, 0.15) is 39.7 Å². The summed E-state index contributed by atoms with van der Waals surface area (Å²) >= 11 is 0. The molecule has 3 heterocycles. The fraction of sp³-hybridized carbons (Fsp3) is 0.609. The highest BCUT2D eigenvalue weighted by molar-refractivity contribution is 5.81. The predicted molar refractivity (Wildman–Crippen MR) is 121 cm³/mol. The molecule has 2 aliphatic rings. The van der Waals surface area contributed by atoms with Gasteiger partial charge in [0.1, 0.15) is 0 Å². The van der Waals surface area contributed by atoms with Gasteiger partial charge in [0.2, 0.25) is 5.91 Å². The van der Waals surface area contributed by atoms with E-state index in [1.807, 2.05) is 32.0 Å². The zero-order valence-corrected chi connectivity index (χ0v) is 18.8. The molecule has 1 atom stereocenters. The normalized spacial score (nSPS) is 23.0. The molecule has 0 saturated carbocycles. The lowest BCUT2D eigenvalue weighted by Gasteiger charge is -2.44. The minimum absolute atomic E-state index is 0.00306. The van der Waals surface area contributed by atoms with Crippen molar-refractivity contribution >= 4 is 22.5 Å². The van der Waals surface area contributed by atoms with E-state index in [0.717, 1.165) is 56.8 Å². The van der Waals surface area contributed by atoms with E-state index < -0.39 is 5.60 Å². The number of carbonyl (C=O) groups excluding carboxylic acids is 1. The van der Waals surface area contributed by atoms with E-state index in [9.17, 15) is 14.7 Å². The highest BCUT2D eigenvalue weighted by atomic mass is 16.3. The lowest BCUT2D eigenvalue weighted by Crippen LogP contribution is -2.58. The molecule has 2 fully saturated rings. The van der Waals surface area contributed by atoms with Crippen molar-refractivity contribution in [3.8, 4) is 0 Å². The lowest BCUT2D eigenvalue weighted by molar-refractivity contribution is -0.137. The molecule has 1 N–H and O–H groups in total. The van der Waals surface area contributed by atoms with Crippen LogP contribution < -0.4 is 10.5 Å². The summed E-state index contributed by atoms with van der Waals surface area (Å²) in [4.78, 5) is 35.2. The molecule has 0 bridgehead atoms. The van der Waals surface area contributed by atoms with Crippen molar-refractivity contribution in [3.05, 3.63) is 34.9 Å². The molecule has 1 amide bonds. The molecule has 168 valence electrons. The maximum Gasteiger partial charge on any atom is 0.261 e. The van der Waals surface area contributed by atoms with Gasteiger partial charge in [-0.1, -0.05) is 0 Å². The number of carbonyl (C=O) groups is 1. The molecule has 1 aromatic carbocycles. The molecule has 8 nitrogen and oxygen atoms in total. The molecule has 2 saturated heterocycles. The van der Waals surface area contributed by atoms with E-state index in [1.54, 1.807) is 22.7 Å². The SMILES string of the molecule is CC(=O)N1CCCC(O)(CN2CCN(c3ccc4c(=O)n(C(C)C)cnc4c3)CC2)C1. The van der Waals surface area contributed by atoms with Crippen molar-refractivity contribution in [1.82, 2.24) is 19.4 Å². The van der Waals surface area contributed by atoms with Gasteiger partial charge in [-0.25, -0.2) is 4.98 Å². The first kappa shape index (κ1) is 21.8. The summed E-state index contributed by atoms with van der Waals surface area (Å²) in [5.74, 6) is 0.0352. The molecule has 0 aliphatic carbocycles. The standard InChI is InChI=1S/C23H33N5O3/c1-17(2)28-16-24-21-13-19(5-6-20(21)22(28)30)26-11-9-25(10-12-26)14-23(31)7-4-8-27(15-23)18(3)29/h5-6,13,16-17,31H,4,7-12,14-15H2,1-3H3. The maximum atomic E-state index is 12.6. The summed E-state index contributed by atoms with van der Waals surface area (Å²) in [6.45, 7) is 10.7. The number of aromatic nitrogens is 2. The minimum Gasteiger partial charge on any atom is -0.387 e. The minimum atomic E-state index is -0.824. The summed E-state index contributed by atoms with van der Waals surface area (Å²) in [6.07, 6.45) is 3.21. The van der Waals surface area contributed by atoms with Crippen LogP contribution in [0.2, 0.25) is 0 Å². The molecule has 8 heteroatoms. The number of nitrogens with zero attached hydrogens (tertiary/aromatic N) is 5. The third-order valence-corrected chi connectivity index (χ3v) is 6.58. The Bertz CT molecular complexity index is 1010. The Balaban J connectivity index is 1.40. The number of piperazine rings is 1. The number of piperidine rings is 1. The number of anilines is 1. The van der Waals surface area contributed by atoms with Crippen molar-refractivity contribution in [2.45, 2.75) is 45.3 Å². The van der Waals surface area contributed by atoms with Crippen LogP contribution in [0.25, 0.3) is 10.9 Å². The molecule has 0 radical (unpaired) electrons. The Morgan fingerprint density at radius 2 is 1.94 bits per heavy atom. The van der Waals surface area contributed by atoms with Gasteiger partial charge in [-0.3, -0.25) is 19.1 Å². The third-order valence-electron chi connectivity index (χ3n) is 6.58. The quantitative estimate of drug-likeness (QED) is 0.796. The van der Waals surface area contributed by atoms with Crippen molar-refractivity contribution in [3.63, 3.8) is 0 Å². The van der Waals surface area contributed by atoms with Gasteiger partial charge in [-0.2, -0.15) is 0 Å². The molecular formula is C23H33N5O3. The van der Waals surface area contributed by atoms with Crippen LogP contribution in [-0.2, 0) is 4.79 Å². The number of aliphatic hydroxyl groups is 1. The fourth-order valence-corrected chi connectivity index (χ4v) is 4.78. The average Bonchev–Trinajstić information content (AvgIpc) is 2.73. The summed E-state index contributed by atoms with van der Waals surface area (Å²) in [5.41, 5.74) is 0.967. The number of hydrogen-bond donors (Lipinski definition) is 1. The predicted octanol–water partition coefficient (Wildman–Crippen LogP) is 1.47. The Morgan fingerprint density at radius 3 is 2.61 bits per heavy atom. The largest absolute Gasteiger partial charge is 0.387 e. The van der Waals surface area contributed by atoms with Crippen molar-refractivity contribution in [2.75, 3.05) is 50.7 Å². The van der Waals surface area contributed by atoms with Crippen LogP contribution >= 0.6 is 0 Å². The van der Waals surface area contributed by atoms with Gasteiger partial charge in [0, 0.05) is 57.9 Å². The van der Waals surface area contributed by atoms with Crippen molar-refractivity contribution in [1.29, 1.82) is 0 Å². The Labute approximate surface area is 183 Å². The molecule has 2 aromatic rings. The first-order chi connectivity index (χ1) is 14.8. The zero-order chi connectivity index (χ0) is 22.2. The summed E-state index contributed by atoms with van der Waals surface area (Å²) in [7, 11) is 0. The number of benzene rings is 1. The van der Waals surface area contributed by atoms with Gasteiger partial charge in [0.05, 0.1) is 29.4 Å². The zero-order valence-electron chi connectivity index (χ0n) is 18.8. The monoisotopic (exact) mass is 427 g/mol. The van der Waals surface area contributed by atoms with Gasteiger partial charge >= 0.3 is 0 Å². The van der Waals surface area contributed by atoms with Crippen LogP contribution in [0.15, 0.2) is 29.3 Å². The second-order valence-electron chi connectivity index (χ2n) is 9.28. The van der Waals surface area contributed by atoms with Crippen LogP contribution in [0, 0.1) is 0 Å². The van der Waals surface area contributed by atoms with Gasteiger partial charge < -0.3 is 14.9 Å². The van der Waals surface area contributed by atoms with Crippen LogP contribution in [-0.4, -0.2) is 81.8 Å². The highest BCUT2D eigenvalue weighted by Crippen LogP contribution is 2.25. The van der Waals surface area contributed by atoms with Gasteiger partial charge in [0.25, 0.3) is 5.56 Å². The summed E-state index contributed by atoms with van der Waals surface area (Å²) in [6, 6.07) is 5.96. The highest BCUT2D eigenvalue weighted by Gasteiger charge is 2.36. The molecular weight excluding hydrogens is 394 g/mol. The summed E-state index contributed by atoms with van der Waals surface area (Å²) < 4.78 is 1.66. The van der Waals surface area contributed by atoms with E-state index in [4.69, 9.17) is 0 Å². The van der Waals surface area contributed by atoms with Gasteiger partial charge in [-0.15, -0.1) is 0 Å². The van der Waals surface area contributed by atoms with Gasteiger partial charge in [-0.05, 0) is 44.9 Å². The van der Waals surface area contributed by atoms with Crippen molar-refractivity contribution in [2.24, 2.45) is 0 Å². The molecule has 1 unspecified atom stereocenters. The number of likely N-dealkylation sites (tertiary alicyclic amines) is 1. The Kier molecular flexibility index (Phi) is 6.03.